The number of nitrogens with one attached hydrogen (secondary N) is 2. The van der Waals surface area contributed by atoms with Crippen LogP contribution in [0.3, 0.4) is 0 Å². The molecule has 0 bridgehead atoms. The molecule has 0 aliphatic rings. The van der Waals surface area contributed by atoms with Crippen molar-refractivity contribution in [1.82, 2.24) is 14.6 Å². The minimum Gasteiger partial charge on any atom is -0.493 e. The summed E-state index contributed by atoms with van der Waals surface area (Å²) in [4.78, 5) is 30.6. The Bertz CT molecular complexity index is 1520. The molecule has 0 saturated heterocycles. The molecule has 1 amide bonds. The quantitative estimate of drug-likeness (QED) is 0.381. The van der Waals surface area contributed by atoms with Gasteiger partial charge < -0.3 is 19.5 Å². The Hall–Kier alpha value is -4.48. The molecule has 37 heavy (non-hydrogen) atoms. The number of methoxy groups -OCH3 is 3. The van der Waals surface area contributed by atoms with Crippen molar-refractivity contribution < 1.29 is 32.2 Å². The van der Waals surface area contributed by atoms with Crippen molar-refractivity contribution in [1.29, 1.82) is 0 Å². The van der Waals surface area contributed by atoms with Gasteiger partial charge >= 0.3 is 6.18 Å². The second-order valence-electron chi connectivity index (χ2n) is 8.07. The number of amides is 1. The zero-order valence-corrected chi connectivity index (χ0v) is 20.3. The SMILES string of the molecule is COc1cc(NC(=O)c2c[nH]n3c(=O)c(Cc4cccc(C(F)(F)F)c4)c(C)nc23)cc(OC)c1OC. The van der Waals surface area contributed by atoms with Crippen LogP contribution in [0.5, 0.6) is 17.2 Å². The Labute approximate surface area is 208 Å². The van der Waals surface area contributed by atoms with Crippen molar-refractivity contribution >= 4 is 17.2 Å². The lowest BCUT2D eigenvalue weighted by Crippen LogP contribution is -2.23. The fourth-order valence-electron chi connectivity index (χ4n) is 3.94. The topological polar surface area (TPSA) is 107 Å². The van der Waals surface area contributed by atoms with Crippen molar-refractivity contribution in [3.05, 3.63) is 80.9 Å². The number of carbonyl (C=O) groups is 1. The second kappa shape index (κ2) is 9.88. The average molecular weight is 516 g/mol. The third-order valence-electron chi connectivity index (χ3n) is 5.76. The van der Waals surface area contributed by atoms with Crippen LogP contribution in [0.1, 0.15) is 32.7 Å². The fourth-order valence-corrected chi connectivity index (χ4v) is 3.94. The van der Waals surface area contributed by atoms with Crippen LogP contribution in [0, 0.1) is 6.92 Å². The number of anilines is 1. The number of carbonyl (C=O) groups excluding carboxylic acids is 1. The molecule has 0 spiro atoms. The first-order valence-electron chi connectivity index (χ1n) is 10.9. The number of ether oxygens (including phenoxy) is 3. The Balaban J connectivity index is 1.67. The monoisotopic (exact) mass is 516 g/mol. The van der Waals surface area contributed by atoms with E-state index in [4.69, 9.17) is 14.2 Å². The number of benzene rings is 2. The zero-order chi connectivity index (χ0) is 26.9. The third-order valence-corrected chi connectivity index (χ3v) is 5.76. The Morgan fingerprint density at radius 3 is 2.35 bits per heavy atom. The first-order chi connectivity index (χ1) is 17.6. The summed E-state index contributed by atoms with van der Waals surface area (Å²) in [7, 11) is 4.34. The number of aromatic amines is 1. The number of fused-ring (bicyclic) bond motifs is 1. The lowest BCUT2D eigenvalue weighted by atomic mass is 10.0. The molecule has 2 aromatic heterocycles. The van der Waals surface area contributed by atoms with E-state index in [0.29, 0.717) is 34.2 Å². The highest BCUT2D eigenvalue weighted by atomic mass is 19.4. The summed E-state index contributed by atoms with van der Waals surface area (Å²) in [6.45, 7) is 1.57. The van der Waals surface area contributed by atoms with Gasteiger partial charge in [0.05, 0.1) is 26.9 Å². The predicted molar refractivity (Wildman–Crippen MR) is 129 cm³/mol. The molecule has 0 saturated carbocycles. The Morgan fingerprint density at radius 2 is 1.76 bits per heavy atom. The van der Waals surface area contributed by atoms with Gasteiger partial charge in [-0.25, -0.2) is 9.50 Å². The van der Waals surface area contributed by atoms with Gasteiger partial charge in [0.25, 0.3) is 11.5 Å². The Morgan fingerprint density at radius 1 is 1.08 bits per heavy atom. The molecule has 0 atom stereocenters. The van der Waals surface area contributed by atoms with Crippen LogP contribution in [0.15, 0.2) is 47.4 Å². The van der Waals surface area contributed by atoms with Crippen LogP contribution in [-0.4, -0.2) is 41.8 Å². The van der Waals surface area contributed by atoms with Crippen molar-refractivity contribution in [2.24, 2.45) is 0 Å². The summed E-state index contributed by atoms with van der Waals surface area (Å²) in [6, 6.07) is 7.86. The molecule has 2 heterocycles. The summed E-state index contributed by atoms with van der Waals surface area (Å²) < 4.78 is 56.2. The number of aromatic nitrogens is 3. The van der Waals surface area contributed by atoms with E-state index in [0.717, 1.165) is 16.6 Å². The molecule has 4 rings (SSSR count). The van der Waals surface area contributed by atoms with Crippen molar-refractivity contribution in [2.45, 2.75) is 19.5 Å². The van der Waals surface area contributed by atoms with Gasteiger partial charge in [0.1, 0.15) is 5.56 Å². The zero-order valence-electron chi connectivity index (χ0n) is 20.3. The van der Waals surface area contributed by atoms with Crippen LogP contribution >= 0.6 is 0 Å². The van der Waals surface area contributed by atoms with Gasteiger partial charge in [-0.05, 0) is 18.6 Å². The first kappa shape index (κ1) is 25.6. The number of H-pyrrole nitrogens is 1. The largest absolute Gasteiger partial charge is 0.493 e. The molecule has 9 nitrogen and oxygen atoms in total. The van der Waals surface area contributed by atoms with Crippen LogP contribution < -0.4 is 25.1 Å². The molecule has 0 aliphatic heterocycles. The molecular weight excluding hydrogens is 493 g/mol. The van der Waals surface area contributed by atoms with Gasteiger partial charge in [0, 0.05) is 41.7 Å². The fraction of sp³-hybridized carbons (Fsp3) is 0.240. The number of hydrogen-bond acceptors (Lipinski definition) is 6. The molecule has 4 aromatic rings. The van der Waals surface area contributed by atoms with Gasteiger partial charge in [0.2, 0.25) is 5.75 Å². The maximum Gasteiger partial charge on any atom is 0.416 e. The van der Waals surface area contributed by atoms with E-state index in [1.54, 1.807) is 19.1 Å². The summed E-state index contributed by atoms with van der Waals surface area (Å²) in [6.07, 6.45) is -3.23. The van der Waals surface area contributed by atoms with Crippen molar-refractivity contribution in [3.63, 3.8) is 0 Å². The van der Waals surface area contributed by atoms with E-state index in [1.807, 2.05) is 0 Å². The van der Waals surface area contributed by atoms with Gasteiger partial charge in [-0.1, -0.05) is 18.2 Å². The average Bonchev–Trinajstić information content (AvgIpc) is 3.29. The molecular formula is C25H23F3N4O5. The second-order valence-corrected chi connectivity index (χ2v) is 8.07. The number of rotatable bonds is 7. The number of aryl methyl sites for hydroxylation is 1. The van der Waals surface area contributed by atoms with Crippen LogP contribution in [-0.2, 0) is 12.6 Å². The number of halogens is 3. The van der Waals surface area contributed by atoms with Crippen LogP contribution in [0.4, 0.5) is 18.9 Å². The maximum absolute atomic E-state index is 13.2. The van der Waals surface area contributed by atoms with Crippen LogP contribution in [0.2, 0.25) is 0 Å². The highest BCUT2D eigenvalue weighted by Crippen LogP contribution is 2.40. The van der Waals surface area contributed by atoms with Crippen molar-refractivity contribution in [3.8, 4) is 17.2 Å². The predicted octanol–water partition coefficient (Wildman–Crippen LogP) is 4.22. The molecule has 12 heteroatoms. The smallest absolute Gasteiger partial charge is 0.416 e. The van der Waals surface area contributed by atoms with Gasteiger partial charge in [-0.15, -0.1) is 0 Å². The lowest BCUT2D eigenvalue weighted by Gasteiger charge is -2.14. The van der Waals surface area contributed by atoms with Gasteiger partial charge in [-0.2, -0.15) is 13.2 Å². The summed E-state index contributed by atoms with van der Waals surface area (Å²) in [5.41, 5.74) is -0.0177. The van der Waals surface area contributed by atoms with E-state index in [9.17, 15) is 22.8 Å². The summed E-state index contributed by atoms with van der Waals surface area (Å²) in [5.74, 6) is 0.457. The normalized spacial score (nSPS) is 11.4. The molecule has 0 radical (unpaired) electrons. The highest BCUT2D eigenvalue weighted by molar-refractivity contribution is 6.08. The standard InChI is InChI=1S/C25H23F3N4O5/c1-13-17(9-14-6-5-7-15(8-14)25(26,27)28)24(34)32-22(30-13)18(12-29-32)23(33)31-16-10-19(35-2)21(37-4)20(11-16)36-3/h5-8,10-12,29H,9H2,1-4H3,(H,31,33). The van der Waals surface area contributed by atoms with Crippen molar-refractivity contribution in [2.75, 3.05) is 26.6 Å². The highest BCUT2D eigenvalue weighted by Gasteiger charge is 2.30. The molecule has 0 unspecified atom stereocenters. The number of alkyl halides is 3. The summed E-state index contributed by atoms with van der Waals surface area (Å²) >= 11 is 0. The first-order valence-corrected chi connectivity index (χ1v) is 10.9. The number of hydrogen-bond donors (Lipinski definition) is 2. The molecule has 194 valence electrons. The Kier molecular flexibility index (Phi) is 6.84. The van der Waals surface area contributed by atoms with E-state index in [-0.39, 0.29) is 23.2 Å². The van der Waals surface area contributed by atoms with E-state index < -0.39 is 23.2 Å². The molecule has 2 aromatic carbocycles. The maximum atomic E-state index is 13.2. The van der Waals surface area contributed by atoms with E-state index in [1.165, 1.54) is 39.7 Å². The van der Waals surface area contributed by atoms with E-state index in [2.05, 4.69) is 15.4 Å². The summed E-state index contributed by atoms with van der Waals surface area (Å²) in [5, 5.41) is 5.42. The molecule has 0 aliphatic carbocycles. The van der Waals surface area contributed by atoms with Gasteiger partial charge in [-0.3, -0.25) is 14.7 Å². The van der Waals surface area contributed by atoms with E-state index >= 15 is 0 Å². The van der Waals surface area contributed by atoms with Crippen LogP contribution in [0.25, 0.3) is 5.65 Å². The van der Waals surface area contributed by atoms with Gasteiger partial charge in [0.15, 0.2) is 17.1 Å². The lowest BCUT2D eigenvalue weighted by molar-refractivity contribution is -0.137. The minimum absolute atomic E-state index is 0.0590. The third kappa shape index (κ3) is 4.95. The molecule has 0 fully saturated rings. The number of nitrogens with zero attached hydrogens (tertiary/aromatic N) is 2. The molecule has 2 N–H and O–H groups in total. The minimum atomic E-state index is -4.50.